The van der Waals surface area contributed by atoms with Crippen LogP contribution in [0.3, 0.4) is 0 Å². The van der Waals surface area contributed by atoms with Crippen molar-refractivity contribution in [2.75, 3.05) is 24.6 Å². The standard InChI is InChI=1S/C15H20N2O4/c1-2-16(8-5-9-18)15(21)17-12-7-4-3-6-11(12)10-13(17)14(19)20/h3-4,6-7,13,18H,2,5,8-10H2,1H3,(H,19,20)/t13-/m0/s1. The van der Waals surface area contributed by atoms with Crippen LogP contribution in [0.2, 0.25) is 0 Å². The van der Waals surface area contributed by atoms with Crippen molar-refractivity contribution < 1.29 is 19.8 Å². The van der Waals surface area contributed by atoms with Crippen LogP contribution >= 0.6 is 0 Å². The fraction of sp³-hybridized carbons (Fsp3) is 0.467. The van der Waals surface area contributed by atoms with Crippen LogP contribution in [0, 0.1) is 0 Å². The Morgan fingerprint density at radius 2 is 2.10 bits per heavy atom. The number of para-hydroxylation sites is 1. The van der Waals surface area contributed by atoms with E-state index in [1.807, 2.05) is 19.1 Å². The molecule has 0 bridgehead atoms. The highest BCUT2D eigenvalue weighted by Gasteiger charge is 2.39. The summed E-state index contributed by atoms with van der Waals surface area (Å²) in [4.78, 5) is 27.0. The van der Waals surface area contributed by atoms with Gasteiger partial charge in [-0.2, -0.15) is 0 Å². The first kappa shape index (κ1) is 15.3. The molecular weight excluding hydrogens is 272 g/mol. The molecule has 0 spiro atoms. The number of carbonyl (C=O) groups excluding carboxylic acids is 1. The lowest BCUT2D eigenvalue weighted by Gasteiger charge is -2.30. The number of urea groups is 1. The van der Waals surface area contributed by atoms with Gasteiger partial charge in [0.25, 0.3) is 0 Å². The van der Waals surface area contributed by atoms with Gasteiger partial charge >= 0.3 is 12.0 Å². The molecule has 0 radical (unpaired) electrons. The lowest BCUT2D eigenvalue weighted by atomic mass is 10.1. The van der Waals surface area contributed by atoms with Crippen molar-refractivity contribution in [1.82, 2.24) is 4.90 Å². The highest BCUT2D eigenvalue weighted by molar-refractivity contribution is 6.01. The number of hydrogen-bond donors (Lipinski definition) is 2. The van der Waals surface area contributed by atoms with E-state index in [1.54, 1.807) is 17.0 Å². The Kier molecular flexibility index (Phi) is 4.80. The van der Waals surface area contributed by atoms with Crippen molar-refractivity contribution in [3.05, 3.63) is 29.8 Å². The minimum absolute atomic E-state index is 0.00270. The molecule has 0 saturated heterocycles. The van der Waals surface area contributed by atoms with Gasteiger partial charge in [-0.3, -0.25) is 4.90 Å². The number of hydrogen-bond acceptors (Lipinski definition) is 3. The van der Waals surface area contributed by atoms with Crippen LogP contribution in [-0.4, -0.2) is 52.9 Å². The number of benzene rings is 1. The van der Waals surface area contributed by atoms with Crippen molar-refractivity contribution in [2.24, 2.45) is 0 Å². The second-order valence-electron chi connectivity index (χ2n) is 5.00. The summed E-state index contributed by atoms with van der Waals surface area (Å²) in [5.41, 5.74) is 1.54. The average Bonchev–Trinajstić information content (AvgIpc) is 2.87. The zero-order valence-electron chi connectivity index (χ0n) is 12.0. The van der Waals surface area contributed by atoms with E-state index in [0.717, 1.165) is 5.56 Å². The molecule has 0 saturated carbocycles. The molecule has 1 aliphatic rings. The molecule has 1 heterocycles. The number of amides is 2. The molecule has 0 unspecified atom stereocenters. The van der Waals surface area contributed by atoms with Gasteiger partial charge in [0, 0.05) is 31.8 Å². The third kappa shape index (κ3) is 3.00. The quantitative estimate of drug-likeness (QED) is 0.858. The smallest absolute Gasteiger partial charge is 0.327 e. The summed E-state index contributed by atoms with van der Waals surface area (Å²) < 4.78 is 0. The van der Waals surface area contributed by atoms with Crippen molar-refractivity contribution in [3.63, 3.8) is 0 Å². The van der Waals surface area contributed by atoms with Crippen LogP contribution in [0.1, 0.15) is 18.9 Å². The Balaban J connectivity index is 2.29. The number of aliphatic hydroxyl groups excluding tert-OH is 1. The van der Waals surface area contributed by atoms with Gasteiger partial charge in [0.05, 0.1) is 0 Å². The summed E-state index contributed by atoms with van der Waals surface area (Å²) in [6.45, 7) is 2.73. The number of rotatable bonds is 5. The Hall–Kier alpha value is -2.08. The van der Waals surface area contributed by atoms with Gasteiger partial charge in [-0.05, 0) is 25.0 Å². The van der Waals surface area contributed by atoms with Crippen LogP contribution in [0.25, 0.3) is 0 Å². The molecule has 0 aromatic heterocycles. The molecule has 1 atom stereocenters. The van der Waals surface area contributed by atoms with Crippen LogP contribution in [0.5, 0.6) is 0 Å². The summed E-state index contributed by atoms with van der Waals surface area (Å²) in [6, 6.07) is 6.09. The van der Waals surface area contributed by atoms with E-state index < -0.39 is 12.0 Å². The van der Waals surface area contributed by atoms with Crippen LogP contribution in [0.15, 0.2) is 24.3 Å². The third-order valence-corrected chi connectivity index (χ3v) is 3.71. The summed E-state index contributed by atoms with van der Waals surface area (Å²) in [5.74, 6) is -1.00. The van der Waals surface area contributed by atoms with E-state index in [2.05, 4.69) is 0 Å². The summed E-state index contributed by atoms with van der Waals surface area (Å²) in [7, 11) is 0. The maximum Gasteiger partial charge on any atom is 0.327 e. The SMILES string of the molecule is CCN(CCCO)C(=O)N1c2ccccc2C[C@H]1C(=O)O. The Morgan fingerprint density at radius 1 is 1.38 bits per heavy atom. The number of carboxylic acid groups (broad SMARTS) is 1. The number of carboxylic acids is 1. The van der Waals surface area contributed by atoms with Gasteiger partial charge in [0.2, 0.25) is 0 Å². The Morgan fingerprint density at radius 3 is 2.71 bits per heavy atom. The molecular formula is C15H20N2O4. The Labute approximate surface area is 123 Å². The van der Waals surface area contributed by atoms with E-state index in [1.165, 1.54) is 4.90 Å². The first-order valence-corrected chi connectivity index (χ1v) is 7.09. The van der Waals surface area contributed by atoms with E-state index in [0.29, 0.717) is 31.6 Å². The van der Waals surface area contributed by atoms with E-state index >= 15 is 0 Å². The molecule has 6 nitrogen and oxygen atoms in total. The third-order valence-electron chi connectivity index (χ3n) is 3.71. The van der Waals surface area contributed by atoms with Gasteiger partial charge in [-0.25, -0.2) is 9.59 Å². The minimum atomic E-state index is -1.00. The number of carbonyl (C=O) groups is 2. The average molecular weight is 292 g/mol. The summed E-state index contributed by atoms with van der Waals surface area (Å²) in [5, 5.41) is 18.3. The number of aliphatic hydroxyl groups is 1. The van der Waals surface area contributed by atoms with Crippen molar-refractivity contribution >= 4 is 17.7 Å². The van der Waals surface area contributed by atoms with Crippen LogP contribution < -0.4 is 4.90 Å². The molecule has 6 heteroatoms. The zero-order valence-corrected chi connectivity index (χ0v) is 12.0. The van der Waals surface area contributed by atoms with Gasteiger partial charge in [-0.15, -0.1) is 0 Å². The van der Waals surface area contributed by atoms with E-state index in [4.69, 9.17) is 5.11 Å². The van der Waals surface area contributed by atoms with Gasteiger partial charge in [0.15, 0.2) is 0 Å². The fourth-order valence-corrected chi connectivity index (χ4v) is 2.62. The van der Waals surface area contributed by atoms with Crippen molar-refractivity contribution in [3.8, 4) is 0 Å². The zero-order chi connectivity index (χ0) is 15.4. The van der Waals surface area contributed by atoms with E-state index in [-0.39, 0.29) is 12.6 Å². The number of nitrogens with zero attached hydrogens (tertiary/aromatic N) is 2. The molecule has 1 aromatic rings. The molecule has 0 fully saturated rings. The second kappa shape index (κ2) is 6.58. The Bertz CT molecular complexity index is 532. The predicted molar refractivity (Wildman–Crippen MR) is 78.4 cm³/mol. The van der Waals surface area contributed by atoms with Crippen molar-refractivity contribution in [1.29, 1.82) is 0 Å². The normalized spacial score (nSPS) is 16.7. The summed E-state index contributed by atoms with van der Waals surface area (Å²) in [6.07, 6.45) is 0.807. The van der Waals surface area contributed by atoms with Gasteiger partial charge < -0.3 is 15.1 Å². The number of fused-ring (bicyclic) bond motifs is 1. The molecule has 1 aromatic carbocycles. The molecule has 114 valence electrons. The molecule has 2 amide bonds. The molecule has 21 heavy (non-hydrogen) atoms. The molecule has 1 aliphatic heterocycles. The molecule has 2 rings (SSSR count). The highest BCUT2D eigenvalue weighted by Crippen LogP contribution is 2.33. The fourth-order valence-electron chi connectivity index (χ4n) is 2.62. The minimum Gasteiger partial charge on any atom is -0.480 e. The summed E-state index contributed by atoms with van der Waals surface area (Å²) >= 11 is 0. The van der Waals surface area contributed by atoms with Gasteiger partial charge in [0.1, 0.15) is 6.04 Å². The van der Waals surface area contributed by atoms with Crippen molar-refractivity contribution in [2.45, 2.75) is 25.8 Å². The maximum absolute atomic E-state index is 12.7. The number of aliphatic carboxylic acids is 1. The first-order chi connectivity index (χ1) is 10.1. The van der Waals surface area contributed by atoms with Crippen LogP contribution in [-0.2, 0) is 11.2 Å². The topological polar surface area (TPSA) is 81.1 Å². The number of anilines is 1. The van der Waals surface area contributed by atoms with Crippen LogP contribution in [0.4, 0.5) is 10.5 Å². The molecule has 2 N–H and O–H groups in total. The largest absolute Gasteiger partial charge is 0.480 e. The van der Waals surface area contributed by atoms with E-state index in [9.17, 15) is 14.7 Å². The maximum atomic E-state index is 12.7. The monoisotopic (exact) mass is 292 g/mol. The first-order valence-electron chi connectivity index (χ1n) is 7.09. The molecule has 0 aliphatic carbocycles. The predicted octanol–water partition coefficient (Wildman–Crippen LogP) is 1.33. The second-order valence-corrected chi connectivity index (χ2v) is 5.00. The lowest BCUT2D eigenvalue weighted by Crippen LogP contribution is -2.50. The highest BCUT2D eigenvalue weighted by atomic mass is 16.4. The lowest BCUT2D eigenvalue weighted by molar-refractivity contribution is -0.138. The van der Waals surface area contributed by atoms with Gasteiger partial charge in [-0.1, -0.05) is 18.2 Å².